The number of hydrogen-bond donors (Lipinski definition) is 0. The fourth-order valence-corrected chi connectivity index (χ4v) is 9.41. The molecule has 5 nitrogen and oxygen atoms in total. The van der Waals surface area contributed by atoms with Crippen molar-refractivity contribution in [2.24, 2.45) is 0 Å². The highest BCUT2D eigenvalue weighted by molar-refractivity contribution is 6.23. The number of hydrogen-bond acceptors (Lipinski definition) is 4. The Bertz CT molecular complexity index is 3940. The Morgan fingerprint density at radius 3 is 1.77 bits per heavy atom. The van der Waals surface area contributed by atoms with Crippen LogP contribution < -0.4 is 0 Å². The molecule has 13 aromatic rings. The average Bonchev–Trinajstić information content (AvgIpc) is 3.88. The third-order valence-electron chi connectivity index (χ3n) is 12.4. The minimum atomic E-state index is 0.533. The van der Waals surface area contributed by atoms with Crippen molar-refractivity contribution in [2.75, 3.05) is 0 Å². The van der Waals surface area contributed by atoms with Crippen LogP contribution in [0.25, 0.3) is 127 Å². The van der Waals surface area contributed by atoms with E-state index in [-0.39, 0.29) is 0 Å². The van der Waals surface area contributed by atoms with E-state index in [4.69, 9.17) is 19.4 Å². The van der Waals surface area contributed by atoms with Crippen molar-refractivity contribution in [1.29, 1.82) is 0 Å². The van der Waals surface area contributed by atoms with Gasteiger partial charge in [0.1, 0.15) is 11.2 Å². The van der Waals surface area contributed by atoms with Gasteiger partial charge in [-0.2, -0.15) is 0 Å². The van der Waals surface area contributed by atoms with E-state index < -0.39 is 0 Å². The molecule has 3 heterocycles. The SMILES string of the molecule is c1ccc(-c2cccc(-c3nc(-c4ccc5ccccc5c4)nc(-c4cc(-n5c6cc7ccccc7cc6c6c7ccccc7ccc65)cc5c4oc4ccccc45)n3)c2)cc1. The lowest BCUT2D eigenvalue weighted by Gasteiger charge is -2.13. The van der Waals surface area contributed by atoms with Gasteiger partial charge >= 0.3 is 0 Å². The molecule has 0 atom stereocenters. The average molecular weight is 791 g/mol. The summed E-state index contributed by atoms with van der Waals surface area (Å²) >= 11 is 0. The van der Waals surface area contributed by atoms with Gasteiger partial charge in [0.25, 0.3) is 0 Å². The molecule has 0 unspecified atom stereocenters. The zero-order valence-corrected chi connectivity index (χ0v) is 33.3. The Balaban J connectivity index is 1.12. The molecular weight excluding hydrogens is 757 g/mol. The van der Waals surface area contributed by atoms with E-state index in [9.17, 15) is 0 Å². The van der Waals surface area contributed by atoms with E-state index in [1.807, 2.05) is 18.2 Å². The van der Waals surface area contributed by atoms with Gasteiger partial charge in [-0.3, -0.25) is 0 Å². The number of para-hydroxylation sites is 1. The number of fused-ring (bicyclic) bond motifs is 10. The van der Waals surface area contributed by atoms with Crippen molar-refractivity contribution in [3.8, 4) is 51.0 Å². The van der Waals surface area contributed by atoms with Crippen molar-refractivity contribution in [2.45, 2.75) is 0 Å². The van der Waals surface area contributed by atoms with Crippen LogP contribution in [0.5, 0.6) is 0 Å². The molecule has 62 heavy (non-hydrogen) atoms. The van der Waals surface area contributed by atoms with Gasteiger partial charge in [0, 0.05) is 38.4 Å². The topological polar surface area (TPSA) is 56.7 Å². The lowest BCUT2D eigenvalue weighted by molar-refractivity contribution is 0.669. The number of aromatic nitrogens is 4. The Kier molecular flexibility index (Phi) is 7.54. The molecule has 0 aliphatic rings. The van der Waals surface area contributed by atoms with Gasteiger partial charge in [-0.15, -0.1) is 0 Å². The van der Waals surface area contributed by atoms with E-state index >= 15 is 0 Å². The molecular formula is C57H34N4O. The van der Waals surface area contributed by atoms with Gasteiger partial charge in [0.05, 0.1) is 16.6 Å². The maximum Gasteiger partial charge on any atom is 0.167 e. The molecule has 13 rings (SSSR count). The summed E-state index contributed by atoms with van der Waals surface area (Å²) in [6.07, 6.45) is 0. The number of furan rings is 1. The summed E-state index contributed by atoms with van der Waals surface area (Å²) in [5.41, 5.74) is 9.58. The molecule has 10 aromatic carbocycles. The first-order valence-electron chi connectivity index (χ1n) is 20.9. The second kappa shape index (κ2) is 13.6. The lowest BCUT2D eigenvalue weighted by Crippen LogP contribution is -2.02. The maximum atomic E-state index is 6.82. The third kappa shape index (κ3) is 5.45. The van der Waals surface area contributed by atoms with Crippen molar-refractivity contribution >= 4 is 76.1 Å². The molecule has 5 heteroatoms. The summed E-state index contributed by atoms with van der Waals surface area (Å²) in [5.74, 6) is 1.71. The van der Waals surface area contributed by atoms with Crippen LogP contribution in [0.15, 0.2) is 211 Å². The number of nitrogens with zero attached hydrogens (tertiary/aromatic N) is 4. The van der Waals surface area contributed by atoms with Crippen LogP contribution in [0.1, 0.15) is 0 Å². The van der Waals surface area contributed by atoms with Crippen LogP contribution in [-0.4, -0.2) is 19.5 Å². The van der Waals surface area contributed by atoms with E-state index in [1.54, 1.807) is 0 Å². The standard InChI is InChI=1S/C57H34N4O/c1-2-13-35(14-3-1)39-20-12-21-42(29-39)55-58-56(43-26-25-36-15-4-5-17-38(36)30-43)60-57(59-55)49-34-44(33-47-46-23-10-11-24-52(46)62-54(47)49)61-50-28-27-37-16-8-9-22-45(37)53(50)48-31-40-18-6-7-19-41(40)32-51(48)61/h1-34H. The first-order chi connectivity index (χ1) is 30.7. The molecule has 288 valence electrons. The smallest absolute Gasteiger partial charge is 0.167 e. The molecule has 0 aliphatic heterocycles. The van der Waals surface area contributed by atoms with Gasteiger partial charge in [-0.1, -0.05) is 158 Å². The summed E-state index contributed by atoms with van der Waals surface area (Å²) in [7, 11) is 0. The number of benzene rings is 10. The molecule has 0 radical (unpaired) electrons. The highest BCUT2D eigenvalue weighted by Gasteiger charge is 2.23. The molecule has 0 spiro atoms. The lowest BCUT2D eigenvalue weighted by atomic mass is 10.0. The quantitative estimate of drug-likeness (QED) is 0.174. The van der Waals surface area contributed by atoms with Crippen molar-refractivity contribution in [3.05, 3.63) is 206 Å². The highest BCUT2D eigenvalue weighted by atomic mass is 16.3. The zero-order chi connectivity index (χ0) is 40.7. The van der Waals surface area contributed by atoms with Crippen LogP contribution in [0.2, 0.25) is 0 Å². The first kappa shape index (κ1) is 34.5. The fraction of sp³-hybridized carbons (Fsp3) is 0. The normalized spacial score (nSPS) is 11.9. The van der Waals surface area contributed by atoms with Crippen LogP contribution in [-0.2, 0) is 0 Å². The van der Waals surface area contributed by atoms with Crippen LogP contribution in [0.4, 0.5) is 0 Å². The summed E-state index contributed by atoms with van der Waals surface area (Å²) in [6, 6.07) is 72.9. The Morgan fingerprint density at radius 2 is 0.952 bits per heavy atom. The summed E-state index contributed by atoms with van der Waals surface area (Å²) in [4.78, 5) is 15.9. The fourth-order valence-electron chi connectivity index (χ4n) is 9.41. The molecule has 0 saturated heterocycles. The van der Waals surface area contributed by atoms with Crippen molar-refractivity contribution in [3.63, 3.8) is 0 Å². The molecule has 0 amide bonds. The zero-order valence-electron chi connectivity index (χ0n) is 33.3. The van der Waals surface area contributed by atoms with E-state index in [0.29, 0.717) is 17.5 Å². The van der Waals surface area contributed by atoms with Crippen LogP contribution in [0.3, 0.4) is 0 Å². The summed E-state index contributed by atoms with van der Waals surface area (Å²) in [5, 5.41) is 11.5. The van der Waals surface area contributed by atoms with Crippen LogP contribution in [0, 0.1) is 0 Å². The monoisotopic (exact) mass is 790 g/mol. The summed E-state index contributed by atoms with van der Waals surface area (Å²) < 4.78 is 9.22. The number of rotatable bonds is 5. The molecule has 0 fully saturated rings. The second-order valence-corrected chi connectivity index (χ2v) is 16.0. The molecule has 0 aliphatic carbocycles. The highest BCUT2D eigenvalue weighted by Crippen LogP contribution is 2.43. The molecule has 0 saturated carbocycles. The van der Waals surface area contributed by atoms with E-state index in [2.05, 4.69) is 193 Å². The predicted molar refractivity (Wildman–Crippen MR) is 256 cm³/mol. The minimum Gasteiger partial charge on any atom is -0.455 e. The Hall–Kier alpha value is -8.41. The van der Waals surface area contributed by atoms with Gasteiger partial charge in [0.15, 0.2) is 17.5 Å². The van der Waals surface area contributed by atoms with Gasteiger partial charge in [-0.05, 0) is 92.0 Å². The second-order valence-electron chi connectivity index (χ2n) is 16.0. The van der Waals surface area contributed by atoms with Gasteiger partial charge < -0.3 is 8.98 Å². The predicted octanol–water partition coefficient (Wildman–Crippen LogP) is 15.0. The van der Waals surface area contributed by atoms with E-state index in [0.717, 1.165) is 77.2 Å². The summed E-state index contributed by atoms with van der Waals surface area (Å²) in [6.45, 7) is 0. The Morgan fingerprint density at radius 1 is 0.339 bits per heavy atom. The first-order valence-corrected chi connectivity index (χ1v) is 20.9. The maximum absolute atomic E-state index is 6.82. The van der Waals surface area contributed by atoms with Crippen molar-refractivity contribution < 1.29 is 4.42 Å². The largest absolute Gasteiger partial charge is 0.455 e. The Labute approximate surface area is 355 Å². The van der Waals surface area contributed by atoms with E-state index in [1.165, 1.54) is 32.3 Å². The molecule has 0 N–H and O–H groups in total. The van der Waals surface area contributed by atoms with Crippen LogP contribution >= 0.6 is 0 Å². The van der Waals surface area contributed by atoms with Crippen molar-refractivity contribution in [1.82, 2.24) is 19.5 Å². The third-order valence-corrected chi connectivity index (χ3v) is 12.4. The van der Waals surface area contributed by atoms with Gasteiger partial charge in [0.2, 0.25) is 0 Å². The molecule has 3 aromatic heterocycles. The molecule has 0 bridgehead atoms. The minimum absolute atomic E-state index is 0.533. The van der Waals surface area contributed by atoms with Gasteiger partial charge in [-0.25, -0.2) is 15.0 Å².